The molecule has 0 spiro atoms. The molecule has 0 fully saturated rings. The van der Waals surface area contributed by atoms with Crippen molar-refractivity contribution >= 4 is 23.4 Å². The van der Waals surface area contributed by atoms with Gasteiger partial charge in [-0.25, -0.2) is 0 Å². The van der Waals surface area contributed by atoms with E-state index >= 15 is 0 Å². The molecule has 0 bridgehead atoms. The van der Waals surface area contributed by atoms with Crippen LogP contribution in [0.4, 0.5) is 5.69 Å². The van der Waals surface area contributed by atoms with E-state index in [1.807, 2.05) is 36.6 Å². The Balaban J connectivity index is 2.07. The van der Waals surface area contributed by atoms with Crippen LogP contribution in [0.2, 0.25) is 0 Å². The molecular weight excluding hydrogens is 298 g/mol. The molecule has 22 heavy (non-hydrogen) atoms. The smallest absolute Gasteiger partial charge is 0.228 e. The lowest BCUT2D eigenvalue weighted by atomic mass is 10.1. The highest BCUT2D eigenvalue weighted by molar-refractivity contribution is 7.98. The lowest BCUT2D eigenvalue weighted by Crippen LogP contribution is -2.15. The number of methoxy groups -OCH3 is 2. The molecule has 1 N–H and O–H groups in total. The molecule has 0 aromatic heterocycles. The topological polar surface area (TPSA) is 47.6 Å². The third-order valence-electron chi connectivity index (χ3n) is 3.21. The van der Waals surface area contributed by atoms with Crippen LogP contribution in [0.25, 0.3) is 0 Å². The summed E-state index contributed by atoms with van der Waals surface area (Å²) in [6, 6.07) is 13.2. The number of amides is 1. The van der Waals surface area contributed by atoms with Gasteiger partial charge < -0.3 is 14.8 Å². The van der Waals surface area contributed by atoms with Crippen molar-refractivity contribution in [3.63, 3.8) is 0 Å². The second-order valence-electron chi connectivity index (χ2n) is 4.63. The number of hydrogen-bond donors (Lipinski definition) is 1. The zero-order valence-electron chi connectivity index (χ0n) is 12.9. The van der Waals surface area contributed by atoms with Gasteiger partial charge in [0.15, 0.2) is 0 Å². The van der Waals surface area contributed by atoms with Gasteiger partial charge in [0.25, 0.3) is 0 Å². The molecule has 0 unspecified atom stereocenters. The minimum Gasteiger partial charge on any atom is -0.497 e. The van der Waals surface area contributed by atoms with Gasteiger partial charge in [-0.3, -0.25) is 4.79 Å². The highest BCUT2D eigenvalue weighted by Gasteiger charge is 2.10. The summed E-state index contributed by atoms with van der Waals surface area (Å²) in [7, 11) is 3.18. The number of benzene rings is 2. The fourth-order valence-electron chi connectivity index (χ4n) is 2.07. The molecule has 0 atom stereocenters. The molecule has 0 saturated carbocycles. The molecular formula is C17H19NO3S. The third-order valence-corrected chi connectivity index (χ3v) is 3.96. The molecule has 0 aliphatic heterocycles. The first kappa shape index (κ1) is 16.2. The van der Waals surface area contributed by atoms with Gasteiger partial charge in [-0.2, -0.15) is 0 Å². The Morgan fingerprint density at radius 3 is 2.41 bits per heavy atom. The summed E-state index contributed by atoms with van der Waals surface area (Å²) in [6.45, 7) is 0. The largest absolute Gasteiger partial charge is 0.497 e. The summed E-state index contributed by atoms with van der Waals surface area (Å²) < 4.78 is 10.5. The van der Waals surface area contributed by atoms with Crippen molar-refractivity contribution in [2.45, 2.75) is 11.3 Å². The Labute approximate surface area is 134 Å². The predicted molar refractivity (Wildman–Crippen MR) is 90.1 cm³/mol. The SMILES string of the molecule is COc1ccc(OC)c(CC(=O)Nc2ccc(SC)cc2)c1. The fraction of sp³-hybridized carbons (Fsp3) is 0.235. The summed E-state index contributed by atoms with van der Waals surface area (Å²) in [5.41, 5.74) is 1.57. The summed E-state index contributed by atoms with van der Waals surface area (Å²) >= 11 is 1.66. The van der Waals surface area contributed by atoms with E-state index in [0.717, 1.165) is 16.1 Å². The Bertz CT molecular complexity index is 641. The van der Waals surface area contributed by atoms with Crippen LogP contribution in [0, 0.1) is 0 Å². The maximum Gasteiger partial charge on any atom is 0.228 e. The number of thioether (sulfide) groups is 1. The maximum atomic E-state index is 12.2. The van der Waals surface area contributed by atoms with E-state index in [9.17, 15) is 4.79 Å². The van der Waals surface area contributed by atoms with Crippen LogP contribution in [0.15, 0.2) is 47.4 Å². The highest BCUT2D eigenvalue weighted by atomic mass is 32.2. The molecule has 0 radical (unpaired) electrons. The van der Waals surface area contributed by atoms with E-state index in [2.05, 4.69) is 5.32 Å². The van der Waals surface area contributed by atoms with E-state index in [-0.39, 0.29) is 12.3 Å². The summed E-state index contributed by atoms with van der Waals surface area (Å²) in [5.74, 6) is 1.28. The standard InChI is InChI=1S/C17H19NO3S/c1-20-14-6-9-16(21-2)12(10-14)11-17(19)18-13-4-7-15(22-3)8-5-13/h4-10H,11H2,1-3H3,(H,18,19). The van der Waals surface area contributed by atoms with E-state index in [1.54, 1.807) is 38.1 Å². The first-order valence-electron chi connectivity index (χ1n) is 6.81. The maximum absolute atomic E-state index is 12.2. The summed E-state index contributed by atoms with van der Waals surface area (Å²) in [4.78, 5) is 13.4. The Hall–Kier alpha value is -2.14. The molecule has 2 aromatic carbocycles. The van der Waals surface area contributed by atoms with Crippen molar-refractivity contribution in [3.8, 4) is 11.5 Å². The van der Waals surface area contributed by atoms with Crippen molar-refractivity contribution in [1.29, 1.82) is 0 Å². The molecule has 116 valence electrons. The van der Waals surface area contributed by atoms with Crippen LogP contribution in [0.3, 0.4) is 0 Å². The van der Waals surface area contributed by atoms with Crippen LogP contribution in [0.1, 0.15) is 5.56 Å². The van der Waals surface area contributed by atoms with E-state index in [1.165, 1.54) is 0 Å². The molecule has 5 heteroatoms. The van der Waals surface area contributed by atoms with Crippen molar-refractivity contribution in [2.75, 3.05) is 25.8 Å². The minimum atomic E-state index is -0.0940. The molecule has 0 heterocycles. The molecule has 2 aromatic rings. The van der Waals surface area contributed by atoms with Gasteiger partial charge in [-0.1, -0.05) is 0 Å². The summed E-state index contributed by atoms with van der Waals surface area (Å²) in [6.07, 6.45) is 2.24. The van der Waals surface area contributed by atoms with Crippen LogP contribution in [-0.2, 0) is 11.2 Å². The second-order valence-corrected chi connectivity index (χ2v) is 5.51. The van der Waals surface area contributed by atoms with Crippen LogP contribution in [0.5, 0.6) is 11.5 Å². The first-order valence-corrected chi connectivity index (χ1v) is 8.03. The number of anilines is 1. The number of nitrogens with one attached hydrogen (secondary N) is 1. The van der Waals surface area contributed by atoms with Gasteiger partial charge >= 0.3 is 0 Å². The second kappa shape index (κ2) is 7.75. The lowest BCUT2D eigenvalue weighted by molar-refractivity contribution is -0.115. The van der Waals surface area contributed by atoms with Crippen molar-refractivity contribution < 1.29 is 14.3 Å². The number of hydrogen-bond acceptors (Lipinski definition) is 4. The third kappa shape index (κ3) is 4.18. The molecule has 4 nitrogen and oxygen atoms in total. The normalized spacial score (nSPS) is 10.1. The van der Waals surface area contributed by atoms with Gasteiger partial charge in [0.05, 0.1) is 20.6 Å². The van der Waals surface area contributed by atoms with Gasteiger partial charge in [-0.15, -0.1) is 11.8 Å². The number of carbonyl (C=O) groups is 1. The molecule has 0 aliphatic carbocycles. The Kier molecular flexibility index (Phi) is 5.72. The molecule has 2 rings (SSSR count). The van der Waals surface area contributed by atoms with Gasteiger partial charge in [0.1, 0.15) is 11.5 Å². The Morgan fingerprint density at radius 1 is 1.09 bits per heavy atom. The lowest BCUT2D eigenvalue weighted by Gasteiger charge is -2.11. The predicted octanol–water partition coefficient (Wildman–Crippen LogP) is 3.61. The van der Waals surface area contributed by atoms with Gasteiger partial charge in [0, 0.05) is 16.1 Å². The van der Waals surface area contributed by atoms with E-state index in [4.69, 9.17) is 9.47 Å². The van der Waals surface area contributed by atoms with Gasteiger partial charge in [-0.05, 0) is 48.7 Å². The van der Waals surface area contributed by atoms with Crippen molar-refractivity contribution in [3.05, 3.63) is 48.0 Å². The molecule has 0 saturated heterocycles. The van der Waals surface area contributed by atoms with E-state index < -0.39 is 0 Å². The van der Waals surface area contributed by atoms with Crippen LogP contribution < -0.4 is 14.8 Å². The zero-order chi connectivity index (χ0) is 15.9. The number of ether oxygens (including phenoxy) is 2. The monoisotopic (exact) mass is 317 g/mol. The Morgan fingerprint density at radius 2 is 1.82 bits per heavy atom. The first-order chi connectivity index (χ1) is 10.7. The average molecular weight is 317 g/mol. The highest BCUT2D eigenvalue weighted by Crippen LogP contribution is 2.25. The van der Waals surface area contributed by atoms with Gasteiger partial charge in [0.2, 0.25) is 5.91 Å². The fourth-order valence-corrected chi connectivity index (χ4v) is 2.48. The average Bonchev–Trinajstić information content (AvgIpc) is 2.55. The number of rotatable bonds is 6. The number of carbonyl (C=O) groups excluding carboxylic acids is 1. The summed E-state index contributed by atoms with van der Waals surface area (Å²) in [5, 5.41) is 2.89. The molecule has 0 aliphatic rings. The molecule has 1 amide bonds. The van der Waals surface area contributed by atoms with Crippen molar-refractivity contribution in [2.24, 2.45) is 0 Å². The van der Waals surface area contributed by atoms with Crippen LogP contribution >= 0.6 is 11.8 Å². The quantitative estimate of drug-likeness (QED) is 0.827. The minimum absolute atomic E-state index is 0.0940. The zero-order valence-corrected chi connectivity index (χ0v) is 13.7. The van der Waals surface area contributed by atoms with Crippen LogP contribution in [-0.4, -0.2) is 26.4 Å². The van der Waals surface area contributed by atoms with E-state index in [0.29, 0.717) is 11.5 Å². The van der Waals surface area contributed by atoms with Crippen molar-refractivity contribution in [1.82, 2.24) is 0 Å².